The maximum Gasteiger partial charge on any atom is 0.251 e. The summed E-state index contributed by atoms with van der Waals surface area (Å²) in [6.07, 6.45) is 4.55. The molecule has 0 aliphatic rings. The monoisotopic (exact) mass is 500 g/mol. The topological polar surface area (TPSA) is 68.3 Å². The molecular formula is C32H40N2O3. The third-order valence-corrected chi connectivity index (χ3v) is 6.31. The number of benzene rings is 2. The van der Waals surface area contributed by atoms with Gasteiger partial charge in [0.05, 0.1) is 11.9 Å². The van der Waals surface area contributed by atoms with Gasteiger partial charge in [0, 0.05) is 24.1 Å². The smallest absolute Gasteiger partial charge is 0.251 e. The first kappa shape index (κ1) is 28.1. The molecular weight excluding hydrogens is 460 g/mol. The molecule has 5 heteroatoms. The predicted octanol–water partition coefficient (Wildman–Crippen LogP) is 7.31. The fourth-order valence-corrected chi connectivity index (χ4v) is 3.98. The summed E-state index contributed by atoms with van der Waals surface area (Å²) < 4.78 is 6.43. The average Bonchev–Trinajstić information content (AvgIpc) is 2.86. The fourth-order valence-electron chi connectivity index (χ4n) is 3.98. The van der Waals surface area contributed by atoms with Gasteiger partial charge in [0.25, 0.3) is 5.91 Å². The molecule has 1 unspecified atom stereocenters. The van der Waals surface area contributed by atoms with Crippen molar-refractivity contribution in [3.8, 4) is 17.0 Å². The molecule has 3 rings (SSSR count). The van der Waals surface area contributed by atoms with Crippen molar-refractivity contribution in [2.75, 3.05) is 6.54 Å². The molecule has 1 amide bonds. The first-order valence-corrected chi connectivity index (χ1v) is 13.0. The largest absolute Gasteiger partial charge is 0.484 e. The molecule has 2 aromatic carbocycles. The van der Waals surface area contributed by atoms with Gasteiger partial charge < -0.3 is 14.8 Å². The number of aldehydes is 1. The maximum atomic E-state index is 12.3. The predicted molar refractivity (Wildman–Crippen MR) is 150 cm³/mol. The van der Waals surface area contributed by atoms with E-state index in [1.165, 1.54) is 5.56 Å². The van der Waals surface area contributed by atoms with Crippen molar-refractivity contribution in [1.82, 2.24) is 10.3 Å². The molecule has 0 saturated heterocycles. The van der Waals surface area contributed by atoms with Gasteiger partial charge in [-0.25, -0.2) is 0 Å². The Balaban J connectivity index is 1.75. The summed E-state index contributed by atoms with van der Waals surface area (Å²) in [7, 11) is 0. The van der Waals surface area contributed by atoms with E-state index in [4.69, 9.17) is 4.74 Å². The van der Waals surface area contributed by atoms with Gasteiger partial charge in [-0.15, -0.1) is 0 Å². The number of carbonyl (C=O) groups is 2. The lowest BCUT2D eigenvalue weighted by Gasteiger charge is -2.24. The molecule has 37 heavy (non-hydrogen) atoms. The number of pyridine rings is 1. The molecule has 0 aliphatic heterocycles. The number of hydrogen-bond acceptors (Lipinski definition) is 4. The van der Waals surface area contributed by atoms with Crippen LogP contribution in [0.25, 0.3) is 11.3 Å². The van der Waals surface area contributed by atoms with E-state index in [0.29, 0.717) is 24.3 Å². The highest BCUT2D eigenvalue weighted by molar-refractivity contribution is 5.94. The first-order valence-electron chi connectivity index (χ1n) is 13.0. The molecule has 1 heterocycles. The lowest BCUT2D eigenvalue weighted by atomic mass is 9.86. The highest BCUT2D eigenvalue weighted by atomic mass is 16.5. The van der Waals surface area contributed by atoms with Crippen LogP contribution < -0.4 is 10.1 Å². The molecule has 0 bridgehead atoms. The van der Waals surface area contributed by atoms with Gasteiger partial charge in [-0.1, -0.05) is 77.9 Å². The number of aromatic nitrogens is 1. The van der Waals surface area contributed by atoms with E-state index >= 15 is 0 Å². The summed E-state index contributed by atoms with van der Waals surface area (Å²) in [5, 5.41) is 2.75. The van der Waals surface area contributed by atoms with Crippen LogP contribution in [0.4, 0.5) is 0 Å². The summed E-state index contributed by atoms with van der Waals surface area (Å²) in [6.45, 7) is 13.6. The van der Waals surface area contributed by atoms with Crippen molar-refractivity contribution < 1.29 is 14.3 Å². The molecule has 3 aromatic rings. The number of rotatable bonds is 10. The van der Waals surface area contributed by atoms with Crippen LogP contribution in [-0.4, -0.2) is 23.7 Å². The van der Waals surface area contributed by atoms with E-state index < -0.39 is 0 Å². The Morgan fingerprint density at radius 2 is 1.62 bits per heavy atom. The van der Waals surface area contributed by atoms with Crippen LogP contribution in [0.2, 0.25) is 0 Å². The van der Waals surface area contributed by atoms with E-state index in [1.54, 1.807) is 6.20 Å². The van der Waals surface area contributed by atoms with Gasteiger partial charge >= 0.3 is 0 Å². The first-order chi connectivity index (χ1) is 17.5. The van der Waals surface area contributed by atoms with Gasteiger partial charge in [0.1, 0.15) is 18.1 Å². The molecule has 1 N–H and O–H groups in total. The van der Waals surface area contributed by atoms with Crippen molar-refractivity contribution in [2.45, 2.75) is 72.3 Å². The summed E-state index contributed by atoms with van der Waals surface area (Å²) in [6, 6.07) is 20.0. The third-order valence-electron chi connectivity index (χ3n) is 6.31. The standard InChI is InChI=1S/C32H40N2O3/c1-31(2,3)19-18-29(24-8-10-25(11-9-24)30(36)33-20-7-21-35)37-27-16-17-28(34-22-27)23-12-14-26(15-13-23)32(4,5)6/h8-17,21-22,29H,7,18-20H2,1-6H3,(H,33,36). The lowest BCUT2D eigenvalue weighted by molar-refractivity contribution is -0.107. The van der Waals surface area contributed by atoms with Crippen LogP contribution in [0, 0.1) is 5.41 Å². The molecule has 5 nitrogen and oxygen atoms in total. The van der Waals surface area contributed by atoms with Crippen LogP contribution in [0.3, 0.4) is 0 Å². The normalized spacial score (nSPS) is 12.6. The van der Waals surface area contributed by atoms with Crippen molar-refractivity contribution in [1.29, 1.82) is 0 Å². The number of carbonyl (C=O) groups excluding carboxylic acids is 2. The average molecular weight is 501 g/mol. The van der Waals surface area contributed by atoms with Gasteiger partial charge in [0.15, 0.2) is 0 Å². The van der Waals surface area contributed by atoms with E-state index in [-0.39, 0.29) is 22.8 Å². The second-order valence-corrected chi connectivity index (χ2v) is 11.7. The summed E-state index contributed by atoms with van der Waals surface area (Å²) in [4.78, 5) is 27.5. The zero-order valence-electron chi connectivity index (χ0n) is 23.0. The van der Waals surface area contributed by atoms with Crippen LogP contribution in [-0.2, 0) is 10.2 Å². The number of hydrogen-bond donors (Lipinski definition) is 1. The minimum absolute atomic E-state index is 0.115. The molecule has 0 spiro atoms. The number of amides is 1. The van der Waals surface area contributed by atoms with Gasteiger partial charge in [-0.3, -0.25) is 9.78 Å². The van der Waals surface area contributed by atoms with Crippen molar-refractivity contribution in [3.63, 3.8) is 0 Å². The van der Waals surface area contributed by atoms with E-state index in [1.807, 2.05) is 36.4 Å². The quantitative estimate of drug-likeness (QED) is 0.234. The Hall–Kier alpha value is -3.47. The van der Waals surface area contributed by atoms with Gasteiger partial charge in [0.2, 0.25) is 0 Å². The molecule has 0 fully saturated rings. The molecule has 0 saturated carbocycles. The third kappa shape index (κ3) is 8.56. The van der Waals surface area contributed by atoms with E-state index in [0.717, 1.165) is 35.9 Å². The van der Waals surface area contributed by atoms with Crippen molar-refractivity contribution in [2.24, 2.45) is 5.41 Å². The summed E-state index contributed by atoms with van der Waals surface area (Å²) in [5.41, 5.74) is 5.13. The van der Waals surface area contributed by atoms with Crippen LogP contribution in [0.15, 0.2) is 66.9 Å². The zero-order valence-corrected chi connectivity index (χ0v) is 23.0. The Kier molecular flexibility index (Phi) is 9.25. The zero-order chi connectivity index (χ0) is 27.1. The minimum atomic E-state index is -0.184. The second-order valence-electron chi connectivity index (χ2n) is 11.7. The number of ether oxygens (including phenoxy) is 1. The Morgan fingerprint density at radius 1 is 0.946 bits per heavy atom. The minimum Gasteiger partial charge on any atom is -0.484 e. The second kappa shape index (κ2) is 12.2. The van der Waals surface area contributed by atoms with Gasteiger partial charge in [-0.05, 0) is 59.1 Å². The molecule has 0 aliphatic carbocycles. The highest BCUT2D eigenvalue weighted by Gasteiger charge is 2.20. The molecule has 0 radical (unpaired) electrons. The SMILES string of the molecule is CC(C)(C)CCC(Oc1ccc(-c2ccc(C(C)(C)C)cc2)nc1)c1ccc(C(=O)NCCC=O)cc1. The van der Waals surface area contributed by atoms with Crippen molar-refractivity contribution in [3.05, 3.63) is 83.6 Å². The Bertz CT molecular complexity index is 1150. The summed E-state index contributed by atoms with van der Waals surface area (Å²) >= 11 is 0. The van der Waals surface area contributed by atoms with Crippen molar-refractivity contribution >= 4 is 12.2 Å². The summed E-state index contributed by atoms with van der Waals surface area (Å²) in [5.74, 6) is 0.528. The van der Waals surface area contributed by atoms with Crippen LogP contribution >= 0.6 is 0 Å². The van der Waals surface area contributed by atoms with Gasteiger partial charge in [-0.2, -0.15) is 0 Å². The van der Waals surface area contributed by atoms with E-state index in [2.05, 4.69) is 76.1 Å². The maximum absolute atomic E-state index is 12.3. The molecule has 1 aromatic heterocycles. The van der Waals surface area contributed by atoms with Crippen LogP contribution in [0.1, 0.15) is 88.4 Å². The number of nitrogens with zero attached hydrogens (tertiary/aromatic N) is 1. The van der Waals surface area contributed by atoms with E-state index in [9.17, 15) is 9.59 Å². The Labute approximate surface area is 221 Å². The number of nitrogens with one attached hydrogen (secondary N) is 1. The lowest BCUT2D eigenvalue weighted by Crippen LogP contribution is -2.24. The highest BCUT2D eigenvalue weighted by Crippen LogP contribution is 2.32. The molecule has 196 valence electrons. The Morgan fingerprint density at radius 3 is 2.16 bits per heavy atom. The fraction of sp³-hybridized carbons (Fsp3) is 0.406. The van der Waals surface area contributed by atoms with Crippen LogP contribution in [0.5, 0.6) is 5.75 Å². The molecule has 1 atom stereocenters.